The van der Waals surface area contributed by atoms with Gasteiger partial charge in [0.05, 0.1) is 36.4 Å². The molecule has 8 heteroatoms. The lowest BCUT2D eigenvalue weighted by atomic mass is 10.2. The fourth-order valence-electron chi connectivity index (χ4n) is 2.18. The zero-order valence-electron chi connectivity index (χ0n) is 14.3. The van der Waals surface area contributed by atoms with Gasteiger partial charge in [-0.05, 0) is 35.9 Å². The summed E-state index contributed by atoms with van der Waals surface area (Å²) in [5.74, 6) is 1.31. The predicted molar refractivity (Wildman–Crippen MR) is 106 cm³/mol. The zero-order chi connectivity index (χ0) is 18.4. The number of rotatable bonds is 7. The van der Waals surface area contributed by atoms with Crippen LogP contribution in [0.4, 0.5) is 0 Å². The topological polar surface area (TPSA) is 72.8 Å². The second kappa shape index (κ2) is 8.68. The molecule has 1 amide bonds. The van der Waals surface area contributed by atoms with Gasteiger partial charge in [-0.3, -0.25) is 4.79 Å². The Morgan fingerprint density at radius 1 is 1.23 bits per heavy atom. The maximum Gasteiger partial charge on any atom is 0.250 e. The van der Waals surface area contributed by atoms with Crippen molar-refractivity contribution >= 4 is 45.4 Å². The van der Waals surface area contributed by atoms with Gasteiger partial charge in [-0.2, -0.15) is 5.10 Å². The van der Waals surface area contributed by atoms with Crippen molar-refractivity contribution in [3.05, 3.63) is 48.0 Å². The number of amides is 1. The minimum Gasteiger partial charge on any atom is -0.493 e. The van der Waals surface area contributed by atoms with Crippen LogP contribution in [0.2, 0.25) is 0 Å². The molecule has 3 rings (SSSR count). The van der Waals surface area contributed by atoms with Crippen molar-refractivity contribution < 1.29 is 14.3 Å². The molecule has 3 aromatic rings. The van der Waals surface area contributed by atoms with Crippen molar-refractivity contribution in [2.45, 2.75) is 4.34 Å². The molecule has 0 aliphatic heterocycles. The Morgan fingerprint density at radius 3 is 2.81 bits per heavy atom. The summed E-state index contributed by atoms with van der Waals surface area (Å²) in [6, 6.07) is 13.3. The Balaban J connectivity index is 1.52. The first-order chi connectivity index (χ1) is 12.7. The second-order valence-corrected chi connectivity index (χ2v) is 7.40. The van der Waals surface area contributed by atoms with Gasteiger partial charge in [0, 0.05) is 0 Å². The van der Waals surface area contributed by atoms with Gasteiger partial charge < -0.3 is 9.47 Å². The average molecular weight is 387 g/mol. The summed E-state index contributed by atoms with van der Waals surface area (Å²) < 4.78 is 12.4. The van der Waals surface area contributed by atoms with E-state index in [1.165, 1.54) is 11.8 Å². The fourth-order valence-corrected chi connectivity index (χ4v) is 4.05. The van der Waals surface area contributed by atoms with Gasteiger partial charge in [0.25, 0.3) is 5.91 Å². The highest BCUT2D eigenvalue weighted by Crippen LogP contribution is 2.29. The summed E-state index contributed by atoms with van der Waals surface area (Å²) in [7, 11) is 3.15. The Hall–Kier alpha value is -2.58. The molecule has 1 N–H and O–H groups in total. The van der Waals surface area contributed by atoms with Crippen molar-refractivity contribution in [3.8, 4) is 11.5 Å². The Kier molecular flexibility index (Phi) is 6.08. The van der Waals surface area contributed by atoms with Gasteiger partial charge in [0.1, 0.15) is 0 Å². The Labute approximate surface area is 159 Å². The number of nitrogens with one attached hydrogen (secondary N) is 1. The maximum atomic E-state index is 11.9. The number of thiazole rings is 1. The van der Waals surface area contributed by atoms with E-state index in [9.17, 15) is 4.79 Å². The van der Waals surface area contributed by atoms with Gasteiger partial charge in [-0.25, -0.2) is 10.4 Å². The number of hydrazone groups is 1. The molecule has 2 aromatic carbocycles. The highest BCUT2D eigenvalue weighted by atomic mass is 32.2. The largest absolute Gasteiger partial charge is 0.493 e. The number of methoxy groups -OCH3 is 2. The van der Waals surface area contributed by atoms with Gasteiger partial charge in [0.2, 0.25) is 0 Å². The number of carbonyl (C=O) groups excluding carboxylic acids is 1. The maximum absolute atomic E-state index is 11.9. The van der Waals surface area contributed by atoms with E-state index in [2.05, 4.69) is 15.5 Å². The van der Waals surface area contributed by atoms with Crippen LogP contribution in [0, 0.1) is 0 Å². The van der Waals surface area contributed by atoms with E-state index >= 15 is 0 Å². The molecule has 1 aromatic heterocycles. The molecule has 0 aliphatic carbocycles. The van der Waals surface area contributed by atoms with E-state index in [4.69, 9.17) is 9.47 Å². The molecule has 0 aliphatic rings. The molecule has 26 heavy (non-hydrogen) atoms. The average Bonchev–Trinajstić information content (AvgIpc) is 3.09. The first-order valence-corrected chi connectivity index (χ1v) is 9.52. The van der Waals surface area contributed by atoms with E-state index in [0.29, 0.717) is 11.5 Å². The third-order valence-electron chi connectivity index (χ3n) is 3.41. The quantitative estimate of drug-likeness (QED) is 0.381. The molecule has 0 radical (unpaired) electrons. The van der Waals surface area contributed by atoms with Crippen molar-refractivity contribution in [3.63, 3.8) is 0 Å². The number of ether oxygens (including phenoxy) is 2. The van der Waals surface area contributed by atoms with Crippen molar-refractivity contribution in [2.75, 3.05) is 20.0 Å². The molecule has 0 bridgehead atoms. The van der Waals surface area contributed by atoms with Crippen LogP contribution in [0.25, 0.3) is 10.2 Å². The summed E-state index contributed by atoms with van der Waals surface area (Å²) in [6.07, 6.45) is 1.56. The first-order valence-electron chi connectivity index (χ1n) is 7.72. The van der Waals surface area contributed by atoms with Crippen LogP contribution in [-0.4, -0.2) is 37.1 Å². The highest BCUT2D eigenvalue weighted by Gasteiger charge is 2.07. The van der Waals surface area contributed by atoms with E-state index < -0.39 is 0 Å². The summed E-state index contributed by atoms with van der Waals surface area (Å²) in [5.41, 5.74) is 4.26. The highest BCUT2D eigenvalue weighted by molar-refractivity contribution is 8.01. The lowest BCUT2D eigenvalue weighted by Crippen LogP contribution is -2.19. The van der Waals surface area contributed by atoms with Gasteiger partial charge >= 0.3 is 0 Å². The van der Waals surface area contributed by atoms with Crippen LogP contribution in [0.3, 0.4) is 0 Å². The molecule has 6 nitrogen and oxygen atoms in total. The zero-order valence-corrected chi connectivity index (χ0v) is 15.9. The molecule has 0 atom stereocenters. The van der Waals surface area contributed by atoms with Crippen LogP contribution in [0.1, 0.15) is 5.56 Å². The number of benzene rings is 2. The van der Waals surface area contributed by atoms with Crippen LogP contribution >= 0.6 is 23.1 Å². The monoisotopic (exact) mass is 387 g/mol. The number of hydrogen-bond donors (Lipinski definition) is 1. The molecular weight excluding hydrogens is 370 g/mol. The molecule has 0 unspecified atom stereocenters. The molecular formula is C18H17N3O3S2. The standard InChI is InChI=1S/C18H17N3O3S2/c1-23-14-8-7-12(9-15(14)24-2)10-19-21-17(22)11-25-18-20-13-5-3-4-6-16(13)26-18/h3-10H,11H2,1-2H3,(H,21,22). The number of carbonyl (C=O) groups is 1. The van der Waals surface area contributed by atoms with Crippen molar-refractivity contribution in [1.29, 1.82) is 0 Å². The summed E-state index contributed by atoms with van der Waals surface area (Å²) in [5, 5.41) is 3.98. The Bertz CT molecular complexity index is 907. The molecule has 1 heterocycles. The number of thioether (sulfide) groups is 1. The van der Waals surface area contributed by atoms with E-state index in [0.717, 1.165) is 20.1 Å². The third kappa shape index (κ3) is 4.53. The molecule has 0 fully saturated rings. The van der Waals surface area contributed by atoms with Crippen molar-refractivity contribution in [2.24, 2.45) is 5.10 Å². The summed E-state index contributed by atoms with van der Waals surface area (Å²) >= 11 is 2.97. The molecule has 0 saturated heterocycles. The molecule has 0 saturated carbocycles. The fraction of sp³-hybridized carbons (Fsp3) is 0.167. The summed E-state index contributed by atoms with van der Waals surface area (Å²) in [6.45, 7) is 0. The SMILES string of the molecule is COc1ccc(C=NNC(=O)CSc2nc3ccccc3s2)cc1OC. The first kappa shape index (κ1) is 18.2. The van der Waals surface area contributed by atoms with E-state index in [1.807, 2.05) is 30.3 Å². The smallest absolute Gasteiger partial charge is 0.250 e. The van der Waals surface area contributed by atoms with Gasteiger partial charge in [-0.1, -0.05) is 23.9 Å². The van der Waals surface area contributed by atoms with Crippen LogP contribution in [-0.2, 0) is 4.79 Å². The number of fused-ring (bicyclic) bond motifs is 1. The van der Waals surface area contributed by atoms with Gasteiger partial charge in [-0.15, -0.1) is 11.3 Å². The number of para-hydroxylation sites is 1. The van der Waals surface area contributed by atoms with E-state index in [1.54, 1.807) is 43.9 Å². The van der Waals surface area contributed by atoms with Crippen LogP contribution in [0.15, 0.2) is 51.9 Å². The summed E-state index contributed by atoms with van der Waals surface area (Å²) in [4.78, 5) is 16.4. The lowest BCUT2D eigenvalue weighted by Gasteiger charge is -2.07. The molecule has 134 valence electrons. The number of nitrogens with zero attached hydrogens (tertiary/aromatic N) is 2. The van der Waals surface area contributed by atoms with Crippen LogP contribution < -0.4 is 14.9 Å². The van der Waals surface area contributed by atoms with E-state index in [-0.39, 0.29) is 11.7 Å². The number of aromatic nitrogens is 1. The van der Waals surface area contributed by atoms with Crippen molar-refractivity contribution in [1.82, 2.24) is 10.4 Å². The minimum atomic E-state index is -0.189. The minimum absolute atomic E-state index is 0.189. The number of hydrogen-bond acceptors (Lipinski definition) is 7. The normalized spacial score (nSPS) is 11.0. The predicted octanol–water partition coefficient (Wildman–Crippen LogP) is 3.56. The third-order valence-corrected chi connectivity index (χ3v) is 5.59. The lowest BCUT2D eigenvalue weighted by molar-refractivity contribution is -0.118. The van der Waals surface area contributed by atoms with Gasteiger partial charge in [0.15, 0.2) is 15.8 Å². The molecule has 0 spiro atoms. The Morgan fingerprint density at radius 2 is 2.04 bits per heavy atom. The van der Waals surface area contributed by atoms with Crippen LogP contribution in [0.5, 0.6) is 11.5 Å². The second-order valence-electron chi connectivity index (χ2n) is 5.14.